The summed E-state index contributed by atoms with van der Waals surface area (Å²) in [5, 5.41) is 6.10. The van der Waals surface area contributed by atoms with Crippen LogP contribution in [0.15, 0.2) is 75.1 Å². The smallest absolute Gasteiger partial charge is 0.263 e. The second-order valence-corrected chi connectivity index (χ2v) is 9.71. The molecule has 4 aromatic rings. The van der Waals surface area contributed by atoms with Gasteiger partial charge in [0, 0.05) is 17.5 Å². The summed E-state index contributed by atoms with van der Waals surface area (Å²) in [4.78, 5) is 31.5. The van der Waals surface area contributed by atoms with Crippen molar-refractivity contribution in [3.8, 4) is 11.3 Å². The van der Waals surface area contributed by atoms with Crippen LogP contribution in [0.2, 0.25) is 0 Å². The molecule has 1 aliphatic rings. The van der Waals surface area contributed by atoms with Gasteiger partial charge in [-0.2, -0.15) is 0 Å². The number of nitrogens with zero attached hydrogens (tertiary/aromatic N) is 2. The van der Waals surface area contributed by atoms with Crippen molar-refractivity contribution < 1.29 is 9.21 Å². The first-order chi connectivity index (χ1) is 16.2. The van der Waals surface area contributed by atoms with E-state index < -0.39 is 0 Å². The lowest BCUT2D eigenvalue weighted by molar-refractivity contribution is -0.119. The van der Waals surface area contributed by atoms with Crippen molar-refractivity contribution in [1.82, 2.24) is 14.9 Å². The Labute approximate surface area is 199 Å². The summed E-state index contributed by atoms with van der Waals surface area (Å²) >= 11 is 2.67. The number of carbonyl (C=O) groups is 1. The molecule has 1 N–H and O–H groups in total. The highest BCUT2D eigenvalue weighted by Crippen LogP contribution is 2.33. The summed E-state index contributed by atoms with van der Waals surface area (Å²) in [6, 6.07) is 11.9. The molecule has 0 spiro atoms. The Kier molecular flexibility index (Phi) is 6.20. The standard InChI is InChI=1S/C25H23N3O3S2/c1-2-12-28-24(30)22-18(20-11-6-13-31-20)14-32-23(22)27-25(28)33-15-21(29)26-19-10-5-8-16-7-3-4-9-17(16)19/h2-4,6-7,9,11,13-14,19H,1,5,8,10,12,15H2,(H,26,29)/t19-/m1/s1. The molecule has 6 nitrogen and oxygen atoms in total. The molecule has 1 atom stereocenters. The fourth-order valence-corrected chi connectivity index (χ4v) is 6.08. The van der Waals surface area contributed by atoms with Crippen LogP contribution >= 0.6 is 23.1 Å². The highest BCUT2D eigenvalue weighted by molar-refractivity contribution is 7.99. The number of benzene rings is 1. The Balaban J connectivity index is 1.38. The van der Waals surface area contributed by atoms with Gasteiger partial charge < -0.3 is 9.73 Å². The number of fused-ring (bicyclic) bond motifs is 2. The van der Waals surface area contributed by atoms with Crippen LogP contribution in [0, 0.1) is 0 Å². The zero-order valence-electron chi connectivity index (χ0n) is 18.0. The Morgan fingerprint density at radius 3 is 3.03 bits per heavy atom. The Morgan fingerprint density at radius 2 is 2.21 bits per heavy atom. The van der Waals surface area contributed by atoms with Gasteiger partial charge in [-0.1, -0.05) is 42.1 Å². The maximum Gasteiger partial charge on any atom is 0.263 e. The van der Waals surface area contributed by atoms with E-state index in [1.165, 1.54) is 34.2 Å². The molecule has 0 saturated carbocycles. The number of rotatable bonds is 7. The highest BCUT2D eigenvalue weighted by atomic mass is 32.2. The van der Waals surface area contributed by atoms with Crippen LogP contribution < -0.4 is 10.9 Å². The van der Waals surface area contributed by atoms with Crippen LogP contribution in [0.4, 0.5) is 0 Å². The van der Waals surface area contributed by atoms with E-state index in [0.29, 0.717) is 27.7 Å². The fraction of sp³-hybridized carbons (Fsp3) is 0.240. The van der Waals surface area contributed by atoms with Crippen molar-refractivity contribution in [3.63, 3.8) is 0 Å². The van der Waals surface area contributed by atoms with Crippen molar-refractivity contribution in [2.45, 2.75) is 37.0 Å². The average Bonchev–Trinajstić information content (AvgIpc) is 3.50. The summed E-state index contributed by atoms with van der Waals surface area (Å²) in [5.41, 5.74) is 3.09. The Bertz CT molecular complexity index is 1370. The van der Waals surface area contributed by atoms with E-state index in [-0.39, 0.29) is 23.3 Å². The third-order valence-electron chi connectivity index (χ3n) is 5.79. The number of furan rings is 1. The van der Waals surface area contributed by atoms with Crippen LogP contribution in [-0.4, -0.2) is 21.2 Å². The normalized spacial score (nSPS) is 15.3. The molecule has 1 aliphatic carbocycles. The minimum Gasteiger partial charge on any atom is -0.464 e. The van der Waals surface area contributed by atoms with Gasteiger partial charge in [-0.3, -0.25) is 14.2 Å². The van der Waals surface area contributed by atoms with Gasteiger partial charge in [0.05, 0.1) is 23.4 Å². The maximum atomic E-state index is 13.3. The van der Waals surface area contributed by atoms with Crippen LogP contribution in [0.25, 0.3) is 21.5 Å². The second-order valence-electron chi connectivity index (χ2n) is 7.91. The van der Waals surface area contributed by atoms with E-state index in [1.807, 2.05) is 23.6 Å². The van der Waals surface area contributed by atoms with E-state index >= 15 is 0 Å². The summed E-state index contributed by atoms with van der Waals surface area (Å²) in [5.74, 6) is 0.756. The van der Waals surface area contributed by atoms with Gasteiger partial charge in [0.25, 0.3) is 5.56 Å². The lowest BCUT2D eigenvalue weighted by Gasteiger charge is -2.26. The lowest BCUT2D eigenvalue weighted by Crippen LogP contribution is -2.32. The molecule has 0 fully saturated rings. The van der Waals surface area contributed by atoms with E-state index in [2.05, 4.69) is 24.0 Å². The minimum atomic E-state index is -0.156. The molecule has 0 saturated heterocycles. The fourth-order valence-electron chi connectivity index (χ4n) is 4.29. The zero-order valence-corrected chi connectivity index (χ0v) is 19.6. The van der Waals surface area contributed by atoms with Crippen molar-refractivity contribution in [2.75, 3.05) is 5.75 Å². The largest absolute Gasteiger partial charge is 0.464 e. The van der Waals surface area contributed by atoms with Gasteiger partial charge in [0.15, 0.2) is 5.16 Å². The Hall–Kier alpha value is -3.10. The SMILES string of the molecule is C=CCn1c(SCC(=O)N[C@@H]2CCCc3ccccc32)nc2scc(-c3ccco3)c2c1=O. The third kappa shape index (κ3) is 4.28. The van der Waals surface area contributed by atoms with E-state index in [1.54, 1.807) is 23.0 Å². The first-order valence-corrected chi connectivity index (χ1v) is 12.7. The quantitative estimate of drug-likeness (QED) is 0.225. The van der Waals surface area contributed by atoms with Crippen LogP contribution in [0.3, 0.4) is 0 Å². The van der Waals surface area contributed by atoms with Crippen LogP contribution in [0.1, 0.15) is 30.0 Å². The monoisotopic (exact) mass is 477 g/mol. The molecular formula is C25H23N3O3S2. The van der Waals surface area contributed by atoms with Crippen molar-refractivity contribution >= 4 is 39.2 Å². The first kappa shape index (κ1) is 21.7. The van der Waals surface area contributed by atoms with Crippen LogP contribution in [-0.2, 0) is 17.8 Å². The molecule has 0 bridgehead atoms. The highest BCUT2D eigenvalue weighted by Gasteiger charge is 2.22. The predicted molar refractivity (Wildman–Crippen MR) is 133 cm³/mol. The van der Waals surface area contributed by atoms with Gasteiger partial charge in [0.2, 0.25) is 5.91 Å². The van der Waals surface area contributed by atoms with Crippen molar-refractivity contribution in [3.05, 3.63) is 82.2 Å². The van der Waals surface area contributed by atoms with Gasteiger partial charge in [0.1, 0.15) is 10.6 Å². The molecular weight excluding hydrogens is 454 g/mol. The van der Waals surface area contributed by atoms with Gasteiger partial charge in [-0.05, 0) is 42.5 Å². The van der Waals surface area contributed by atoms with E-state index in [9.17, 15) is 9.59 Å². The summed E-state index contributed by atoms with van der Waals surface area (Å²) in [6.45, 7) is 4.09. The minimum absolute atomic E-state index is 0.0296. The van der Waals surface area contributed by atoms with Crippen molar-refractivity contribution in [2.24, 2.45) is 0 Å². The number of aromatic nitrogens is 2. The van der Waals surface area contributed by atoms with E-state index in [4.69, 9.17) is 9.40 Å². The number of hydrogen-bond acceptors (Lipinski definition) is 6. The molecule has 3 heterocycles. The molecule has 0 radical (unpaired) electrons. The summed E-state index contributed by atoms with van der Waals surface area (Å²) in [7, 11) is 0. The summed E-state index contributed by atoms with van der Waals surface area (Å²) < 4.78 is 7.07. The summed E-state index contributed by atoms with van der Waals surface area (Å²) in [6.07, 6.45) is 6.29. The predicted octanol–water partition coefficient (Wildman–Crippen LogP) is 5.19. The molecule has 1 aromatic carbocycles. The molecule has 1 amide bonds. The van der Waals surface area contributed by atoms with Gasteiger partial charge in [-0.15, -0.1) is 17.9 Å². The first-order valence-electron chi connectivity index (χ1n) is 10.8. The third-order valence-corrected chi connectivity index (χ3v) is 7.64. The average molecular weight is 478 g/mol. The van der Waals surface area contributed by atoms with Crippen LogP contribution in [0.5, 0.6) is 0 Å². The molecule has 0 aliphatic heterocycles. The second kappa shape index (κ2) is 9.41. The van der Waals surface area contributed by atoms with Crippen molar-refractivity contribution in [1.29, 1.82) is 0 Å². The lowest BCUT2D eigenvalue weighted by atomic mass is 9.88. The number of carbonyl (C=O) groups excluding carboxylic acids is 1. The topological polar surface area (TPSA) is 77.1 Å². The molecule has 0 unspecified atom stereocenters. The van der Waals surface area contributed by atoms with Gasteiger partial charge in [-0.25, -0.2) is 4.98 Å². The Morgan fingerprint density at radius 1 is 1.33 bits per heavy atom. The molecule has 3 aromatic heterocycles. The number of aryl methyl sites for hydroxylation is 1. The number of thioether (sulfide) groups is 1. The number of nitrogens with one attached hydrogen (secondary N) is 1. The molecule has 168 valence electrons. The van der Waals surface area contributed by atoms with Gasteiger partial charge >= 0.3 is 0 Å². The number of hydrogen-bond donors (Lipinski definition) is 1. The van der Waals surface area contributed by atoms with E-state index in [0.717, 1.165) is 24.8 Å². The zero-order chi connectivity index (χ0) is 22.8. The molecule has 33 heavy (non-hydrogen) atoms. The maximum absolute atomic E-state index is 13.3. The number of amides is 1. The number of allylic oxidation sites excluding steroid dienone is 1. The molecule has 5 rings (SSSR count). The number of thiophene rings is 1. The molecule has 8 heteroatoms.